The molecule has 0 aliphatic rings. The number of methoxy groups -OCH3 is 1. The number of aromatic carboxylic acids is 1. The molecule has 0 saturated carbocycles. The fraction of sp³-hybridized carbons (Fsp3) is 0.227. The molecule has 8 heteroatoms. The molecule has 156 valence electrons. The summed E-state index contributed by atoms with van der Waals surface area (Å²) in [5.74, 6) is -1.55. The molecule has 0 fully saturated rings. The topological polar surface area (TPSA) is 97.8 Å². The Morgan fingerprint density at radius 2 is 1.90 bits per heavy atom. The molecule has 1 heterocycles. The van der Waals surface area contributed by atoms with Crippen LogP contribution in [0.25, 0.3) is 10.9 Å². The average Bonchev–Trinajstić information content (AvgIpc) is 2.69. The Morgan fingerprint density at radius 3 is 2.53 bits per heavy atom. The number of hydrogen-bond acceptors (Lipinski definition) is 6. The maximum Gasteiger partial charge on any atom is 0.341 e. The zero-order chi connectivity index (χ0) is 22.0. The van der Waals surface area contributed by atoms with E-state index in [4.69, 9.17) is 21.1 Å². The van der Waals surface area contributed by atoms with E-state index in [0.717, 1.165) is 22.0 Å². The minimum atomic E-state index is -1.16. The van der Waals surface area contributed by atoms with Crippen LogP contribution < -0.4 is 10.1 Å². The van der Waals surface area contributed by atoms with Gasteiger partial charge in [0.1, 0.15) is 16.9 Å². The molecule has 2 N–H and O–H groups in total. The molecule has 0 radical (unpaired) electrons. The van der Waals surface area contributed by atoms with Crippen molar-refractivity contribution in [2.75, 3.05) is 19.0 Å². The highest BCUT2D eigenvalue weighted by molar-refractivity contribution is 6.34. The number of pyridine rings is 1. The lowest BCUT2D eigenvalue weighted by atomic mass is 10.0. The van der Waals surface area contributed by atoms with Crippen LogP contribution in [0.15, 0.2) is 30.5 Å². The first-order valence-corrected chi connectivity index (χ1v) is 9.59. The van der Waals surface area contributed by atoms with E-state index in [2.05, 4.69) is 10.3 Å². The van der Waals surface area contributed by atoms with Crippen LogP contribution >= 0.6 is 11.6 Å². The number of rotatable bonds is 6. The number of carboxylic acids is 1. The van der Waals surface area contributed by atoms with Gasteiger partial charge in [0.15, 0.2) is 0 Å². The normalized spacial score (nSPS) is 10.7. The molecule has 0 aliphatic heterocycles. The van der Waals surface area contributed by atoms with Crippen molar-refractivity contribution in [3.63, 3.8) is 0 Å². The number of carboxylic acid groups (broad SMARTS) is 1. The van der Waals surface area contributed by atoms with Crippen LogP contribution in [-0.2, 0) is 4.74 Å². The van der Waals surface area contributed by atoms with Crippen molar-refractivity contribution in [2.45, 2.75) is 20.8 Å². The second-order valence-electron chi connectivity index (χ2n) is 6.71. The summed E-state index contributed by atoms with van der Waals surface area (Å²) in [6, 6.07) is 6.70. The maximum absolute atomic E-state index is 12.6. The smallest absolute Gasteiger partial charge is 0.341 e. The molecular weight excluding hydrogens is 408 g/mol. The second-order valence-corrected chi connectivity index (χ2v) is 7.12. The van der Waals surface area contributed by atoms with Gasteiger partial charge in [-0.05, 0) is 38.5 Å². The molecule has 0 saturated heterocycles. The van der Waals surface area contributed by atoms with Crippen molar-refractivity contribution in [1.29, 1.82) is 0 Å². The molecule has 30 heavy (non-hydrogen) atoms. The van der Waals surface area contributed by atoms with Gasteiger partial charge in [0.2, 0.25) is 0 Å². The Hall–Kier alpha value is -3.32. The summed E-state index contributed by atoms with van der Waals surface area (Å²) in [6.45, 7) is 5.82. The Morgan fingerprint density at radius 1 is 1.17 bits per heavy atom. The molecule has 3 rings (SSSR count). The molecule has 2 aromatic carbocycles. The highest BCUT2D eigenvalue weighted by Crippen LogP contribution is 2.37. The van der Waals surface area contributed by atoms with Crippen molar-refractivity contribution in [1.82, 2.24) is 4.98 Å². The lowest BCUT2D eigenvalue weighted by Gasteiger charge is -2.17. The second kappa shape index (κ2) is 8.59. The van der Waals surface area contributed by atoms with Crippen LogP contribution in [0.1, 0.15) is 38.8 Å². The number of nitrogens with one attached hydrogen (secondary N) is 1. The molecule has 0 bridgehead atoms. The minimum Gasteiger partial charge on any atom is -0.496 e. The molecule has 1 aromatic heterocycles. The van der Waals surface area contributed by atoms with E-state index in [1.165, 1.54) is 25.4 Å². The van der Waals surface area contributed by atoms with E-state index in [9.17, 15) is 14.7 Å². The Kier molecular flexibility index (Phi) is 6.12. The van der Waals surface area contributed by atoms with E-state index in [0.29, 0.717) is 11.4 Å². The van der Waals surface area contributed by atoms with Crippen molar-refractivity contribution < 1.29 is 24.2 Å². The number of fused-ring (bicyclic) bond motifs is 1. The van der Waals surface area contributed by atoms with Crippen molar-refractivity contribution >= 4 is 45.8 Å². The number of nitrogens with zero attached hydrogens (tertiary/aromatic N) is 1. The summed E-state index contributed by atoms with van der Waals surface area (Å²) >= 11 is 6.35. The fourth-order valence-corrected chi connectivity index (χ4v) is 3.49. The summed E-state index contributed by atoms with van der Waals surface area (Å²) in [5, 5.41) is 13.4. The lowest BCUT2D eigenvalue weighted by Crippen LogP contribution is -2.10. The molecule has 0 amide bonds. The molecule has 0 atom stereocenters. The van der Waals surface area contributed by atoms with E-state index in [1.54, 1.807) is 6.92 Å². The number of aryl methyl sites for hydroxylation is 2. The average molecular weight is 429 g/mol. The first-order chi connectivity index (χ1) is 14.3. The Balaban J connectivity index is 2.25. The number of carbonyl (C=O) groups is 2. The monoisotopic (exact) mass is 428 g/mol. The maximum atomic E-state index is 12.6. The first-order valence-electron chi connectivity index (χ1n) is 9.21. The number of halogens is 1. The zero-order valence-corrected chi connectivity index (χ0v) is 17.8. The predicted octanol–water partition coefficient (Wildman–Crippen LogP) is 5.13. The SMILES string of the molecule is CCOC(=O)c1cnc2c(C)cc(C)cc2c1Nc1cc(OC)c(C(=O)O)cc1Cl. The molecule has 3 aromatic rings. The number of hydrogen-bond donors (Lipinski definition) is 2. The Labute approximate surface area is 178 Å². The summed E-state index contributed by atoms with van der Waals surface area (Å²) in [6.07, 6.45) is 1.46. The molecule has 0 spiro atoms. The molecule has 7 nitrogen and oxygen atoms in total. The van der Waals surface area contributed by atoms with Gasteiger partial charge >= 0.3 is 11.9 Å². The summed E-state index contributed by atoms with van der Waals surface area (Å²) in [7, 11) is 1.37. The van der Waals surface area contributed by atoms with Gasteiger partial charge in [-0.15, -0.1) is 0 Å². The molecule has 0 aliphatic carbocycles. The molecular formula is C22H21ClN2O5. The van der Waals surface area contributed by atoms with Gasteiger partial charge in [0, 0.05) is 17.6 Å². The van der Waals surface area contributed by atoms with Crippen LogP contribution in [0, 0.1) is 13.8 Å². The first kappa shape index (κ1) is 21.4. The number of anilines is 2. The Bertz CT molecular complexity index is 1160. The summed E-state index contributed by atoms with van der Waals surface area (Å²) < 4.78 is 10.4. The quantitative estimate of drug-likeness (QED) is 0.525. The van der Waals surface area contributed by atoms with Crippen LogP contribution in [0.5, 0.6) is 5.75 Å². The van der Waals surface area contributed by atoms with Crippen LogP contribution in [0.3, 0.4) is 0 Å². The van der Waals surface area contributed by atoms with Gasteiger partial charge in [-0.1, -0.05) is 23.2 Å². The van der Waals surface area contributed by atoms with Crippen LogP contribution in [-0.4, -0.2) is 35.7 Å². The number of benzene rings is 2. The predicted molar refractivity (Wildman–Crippen MR) is 115 cm³/mol. The van der Waals surface area contributed by atoms with E-state index in [1.807, 2.05) is 26.0 Å². The number of esters is 1. The summed E-state index contributed by atoms with van der Waals surface area (Å²) in [5.41, 5.74) is 3.70. The van der Waals surface area contributed by atoms with Gasteiger partial charge in [0.05, 0.1) is 35.6 Å². The van der Waals surface area contributed by atoms with Gasteiger partial charge in [-0.3, -0.25) is 4.98 Å². The van der Waals surface area contributed by atoms with Crippen LogP contribution in [0.2, 0.25) is 5.02 Å². The third kappa shape index (κ3) is 4.02. The highest BCUT2D eigenvalue weighted by atomic mass is 35.5. The third-order valence-corrected chi connectivity index (χ3v) is 4.89. The van der Waals surface area contributed by atoms with Gasteiger partial charge in [-0.2, -0.15) is 0 Å². The van der Waals surface area contributed by atoms with Gasteiger partial charge in [-0.25, -0.2) is 9.59 Å². The van der Waals surface area contributed by atoms with E-state index >= 15 is 0 Å². The van der Waals surface area contributed by atoms with Crippen molar-refractivity contribution in [3.05, 3.63) is 57.7 Å². The standard InChI is InChI=1S/C22H21ClN2O5/c1-5-30-22(28)15-10-24-19-12(3)6-11(2)7-14(19)20(15)25-17-9-18(29-4)13(21(26)27)8-16(17)23/h6-10H,5H2,1-4H3,(H,24,25)(H,26,27). The zero-order valence-electron chi connectivity index (χ0n) is 17.0. The fourth-order valence-electron chi connectivity index (χ4n) is 3.28. The lowest BCUT2D eigenvalue weighted by molar-refractivity contribution is 0.0526. The number of aromatic nitrogens is 1. The number of carbonyl (C=O) groups excluding carboxylic acids is 1. The third-order valence-electron chi connectivity index (χ3n) is 4.58. The largest absolute Gasteiger partial charge is 0.496 e. The van der Waals surface area contributed by atoms with E-state index < -0.39 is 11.9 Å². The van der Waals surface area contributed by atoms with Gasteiger partial charge < -0.3 is 19.9 Å². The van der Waals surface area contributed by atoms with Crippen molar-refractivity contribution in [2.24, 2.45) is 0 Å². The highest BCUT2D eigenvalue weighted by Gasteiger charge is 2.21. The van der Waals surface area contributed by atoms with E-state index in [-0.39, 0.29) is 28.5 Å². The van der Waals surface area contributed by atoms with Crippen molar-refractivity contribution in [3.8, 4) is 5.75 Å². The van der Waals surface area contributed by atoms with Gasteiger partial charge in [0.25, 0.3) is 0 Å². The van der Waals surface area contributed by atoms with Crippen LogP contribution in [0.4, 0.5) is 11.4 Å². The number of ether oxygens (including phenoxy) is 2. The summed E-state index contributed by atoms with van der Waals surface area (Å²) in [4.78, 5) is 28.5. The molecule has 0 unspecified atom stereocenters. The minimum absolute atomic E-state index is 0.0649.